The molecule has 10 nitrogen and oxygen atoms in total. The van der Waals surface area contributed by atoms with Gasteiger partial charge in [0.15, 0.2) is 18.1 Å². The van der Waals surface area contributed by atoms with E-state index in [1.54, 1.807) is 4.98 Å². The minimum atomic E-state index is -5.43. The number of aromatic amines is 1. The number of aliphatic hydroxyl groups excluding tert-OH is 2. The van der Waals surface area contributed by atoms with Crippen molar-refractivity contribution in [2.75, 3.05) is 19.5 Å². The summed E-state index contributed by atoms with van der Waals surface area (Å²) in [5.74, 6) is -3.83. The largest absolute Gasteiger partial charge is 0.490 e. The first-order valence-corrected chi connectivity index (χ1v) is 12.4. The lowest BCUT2D eigenvalue weighted by molar-refractivity contribution is -0.205. The smallest absolute Gasteiger partial charge is 0.442 e. The third kappa shape index (κ3) is 5.97. The highest BCUT2D eigenvalue weighted by atomic mass is 31.2. The number of H-pyrrole nitrogens is 1. The molecule has 0 radical (unpaired) electrons. The summed E-state index contributed by atoms with van der Waals surface area (Å²) in [4.78, 5) is 49.2. The third-order valence-electron chi connectivity index (χ3n) is 4.73. The van der Waals surface area contributed by atoms with Gasteiger partial charge in [-0.3, -0.25) is 19.1 Å². The fourth-order valence-corrected chi connectivity index (χ4v) is 4.04. The van der Waals surface area contributed by atoms with Crippen molar-refractivity contribution in [3.8, 4) is 0 Å². The van der Waals surface area contributed by atoms with Gasteiger partial charge in [0.2, 0.25) is 0 Å². The number of rotatable bonds is 7. The predicted molar refractivity (Wildman–Crippen MR) is 108 cm³/mol. The van der Waals surface area contributed by atoms with Crippen molar-refractivity contribution in [3.63, 3.8) is 0 Å². The van der Waals surface area contributed by atoms with Crippen molar-refractivity contribution >= 4 is 24.9 Å². The van der Waals surface area contributed by atoms with Crippen LogP contribution in [0.25, 0.3) is 0 Å². The Balaban J connectivity index is 2.42. The van der Waals surface area contributed by atoms with Gasteiger partial charge in [-0.25, -0.2) is 9.59 Å². The van der Waals surface area contributed by atoms with E-state index in [0.717, 1.165) is 6.92 Å². The molecule has 2 heterocycles. The molecule has 2 rings (SSSR count). The second-order valence-corrected chi connectivity index (χ2v) is 12.5. The summed E-state index contributed by atoms with van der Waals surface area (Å²) >= 11 is 0. The maximum absolute atomic E-state index is 12.6. The van der Waals surface area contributed by atoms with Crippen molar-refractivity contribution in [1.82, 2.24) is 9.55 Å². The maximum Gasteiger partial charge on any atom is 0.490 e. The molecule has 3 N–H and O–H groups in total. The van der Waals surface area contributed by atoms with E-state index >= 15 is 0 Å². The number of esters is 1. The lowest BCUT2D eigenvalue weighted by Gasteiger charge is -2.21. The first-order chi connectivity index (χ1) is 14.5. The number of ether oxygens (including phenoxy) is 2. The Hall–Kier alpha value is -2.21. The highest BCUT2D eigenvalue weighted by molar-refractivity contribution is 7.72. The Bertz CT molecular complexity index is 1040. The van der Waals surface area contributed by atoms with Gasteiger partial charge in [0.1, 0.15) is 12.2 Å². The first-order valence-electron chi connectivity index (χ1n) is 9.35. The van der Waals surface area contributed by atoms with Crippen LogP contribution in [0, 0.1) is 0 Å². The molecule has 0 aromatic carbocycles. The molecular formula is C18H24F3N2O8P. The fourth-order valence-electron chi connectivity index (χ4n) is 3.09. The fraction of sp³-hybridized carbons (Fsp3) is 0.611. The molecule has 5 atom stereocenters. The van der Waals surface area contributed by atoms with Gasteiger partial charge in [0.05, 0.1) is 11.7 Å². The molecular weight excluding hydrogens is 460 g/mol. The molecule has 0 amide bonds. The molecule has 0 saturated carbocycles. The average molecular weight is 484 g/mol. The Morgan fingerprint density at radius 2 is 1.91 bits per heavy atom. The SMILES string of the molecule is C=P(C)(C)CCC1O[C@@H](n2cc(C(OC(=O)C(F)(F)F)C(C)=O)c(=O)[nH]c2=O)[C@H](O)[C@@H]1O. The molecule has 1 aromatic rings. The molecule has 1 aromatic heterocycles. The molecule has 1 aliphatic rings. The highest BCUT2D eigenvalue weighted by Gasteiger charge is 2.46. The number of hydrogen-bond donors (Lipinski definition) is 3. The first kappa shape index (κ1) is 26.0. The van der Waals surface area contributed by atoms with Gasteiger partial charge in [0.25, 0.3) is 5.56 Å². The minimum absolute atomic E-state index is 0.309. The molecule has 0 bridgehead atoms. The lowest BCUT2D eigenvalue weighted by atomic mass is 10.1. The van der Waals surface area contributed by atoms with Crippen LogP contribution in [0.4, 0.5) is 13.2 Å². The number of hydrogen-bond acceptors (Lipinski definition) is 8. The van der Waals surface area contributed by atoms with E-state index < -0.39 is 72.3 Å². The monoisotopic (exact) mass is 484 g/mol. The van der Waals surface area contributed by atoms with E-state index in [9.17, 15) is 42.6 Å². The Labute approximate surface area is 179 Å². The number of Topliss-reactive ketones (excluding diaryl/α,β-unsaturated/α-hetero) is 1. The zero-order valence-corrected chi connectivity index (χ0v) is 18.4. The lowest BCUT2D eigenvalue weighted by Crippen LogP contribution is -2.40. The number of ketones is 1. The minimum Gasteiger partial charge on any atom is -0.442 e. The summed E-state index contributed by atoms with van der Waals surface area (Å²) in [5, 5.41) is 20.6. The van der Waals surface area contributed by atoms with E-state index in [1.807, 2.05) is 13.3 Å². The molecule has 32 heavy (non-hydrogen) atoms. The van der Waals surface area contributed by atoms with Crippen LogP contribution in [-0.2, 0) is 19.1 Å². The Morgan fingerprint density at radius 3 is 2.41 bits per heavy atom. The van der Waals surface area contributed by atoms with E-state index in [0.29, 0.717) is 23.3 Å². The number of aromatic nitrogens is 2. The van der Waals surface area contributed by atoms with Gasteiger partial charge in [-0.1, -0.05) is 0 Å². The van der Waals surface area contributed by atoms with Crippen molar-refractivity contribution in [2.24, 2.45) is 0 Å². The number of carbonyl (C=O) groups is 2. The summed E-state index contributed by atoms with van der Waals surface area (Å²) in [7, 11) is 0. The Morgan fingerprint density at radius 1 is 1.31 bits per heavy atom. The van der Waals surface area contributed by atoms with Crippen LogP contribution in [0.5, 0.6) is 0 Å². The number of carbonyl (C=O) groups excluding carboxylic acids is 2. The molecule has 1 saturated heterocycles. The molecule has 0 aliphatic carbocycles. The van der Waals surface area contributed by atoms with Crippen LogP contribution in [0.3, 0.4) is 0 Å². The van der Waals surface area contributed by atoms with Crippen LogP contribution in [0.2, 0.25) is 0 Å². The highest BCUT2D eigenvalue weighted by Crippen LogP contribution is 2.39. The quantitative estimate of drug-likeness (QED) is 0.362. The molecule has 180 valence electrons. The van der Waals surface area contributed by atoms with Crippen LogP contribution in [0.15, 0.2) is 15.8 Å². The van der Waals surface area contributed by atoms with Gasteiger partial charge < -0.3 is 19.7 Å². The van der Waals surface area contributed by atoms with Gasteiger partial charge >= 0.3 is 17.8 Å². The number of alkyl halides is 3. The number of nitrogens with one attached hydrogen (secondary N) is 1. The van der Waals surface area contributed by atoms with Crippen molar-refractivity contribution in [2.45, 2.75) is 50.2 Å². The van der Waals surface area contributed by atoms with Gasteiger partial charge in [0, 0.05) is 6.20 Å². The number of nitrogens with zero attached hydrogens (tertiary/aromatic N) is 1. The third-order valence-corrected chi connectivity index (χ3v) is 6.20. The molecule has 14 heteroatoms. The van der Waals surface area contributed by atoms with Crippen LogP contribution < -0.4 is 11.2 Å². The summed E-state index contributed by atoms with van der Waals surface area (Å²) < 4.78 is 48.0. The van der Waals surface area contributed by atoms with Crippen molar-refractivity contribution in [3.05, 3.63) is 32.6 Å². The average Bonchev–Trinajstić information content (AvgIpc) is 2.91. The van der Waals surface area contributed by atoms with Crippen LogP contribution in [0.1, 0.15) is 31.2 Å². The van der Waals surface area contributed by atoms with Gasteiger partial charge in [-0.15, -0.1) is 13.2 Å². The zero-order valence-electron chi connectivity index (χ0n) is 17.5. The standard InChI is InChI=1S/C18H24F3N2O8P/c1-8(24)13(31-16(28)18(19,20)21)9-7-23(17(29)22-14(9)27)15-12(26)11(25)10(30-15)5-6-32(2,3)4/h7,10-13,15,25-26H,2,5-6H2,1,3-4H3,(H,22,27,29)/t10?,11-,12-,13?,15-/m1/s1. The Kier molecular flexibility index (Phi) is 7.60. The maximum atomic E-state index is 12.6. The van der Waals surface area contributed by atoms with Crippen molar-refractivity contribution in [1.29, 1.82) is 0 Å². The molecule has 2 unspecified atom stereocenters. The second-order valence-electron chi connectivity index (χ2n) is 8.14. The number of halogens is 3. The summed E-state index contributed by atoms with van der Waals surface area (Å²) in [6, 6.07) is 0. The van der Waals surface area contributed by atoms with Crippen molar-refractivity contribution < 1.29 is 42.4 Å². The summed E-state index contributed by atoms with van der Waals surface area (Å²) in [6.07, 6.45) is -7.53. The summed E-state index contributed by atoms with van der Waals surface area (Å²) in [5.41, 5.74) is -3.17. The van der Waals surface area contributed by atoms with Crippen LogP contribution >= 0.6 is 6.89 Å². The second kappa shape index (κ2) is 9.34. The molecule has 1 aliphatic heterocycles. The molecule has 1 fully saturated rings. The van der Waals surface area contributed by atoms with Gasteiger partial charge in [-0.05, 0) is 32.8 Å². The predicted octanol–water partition coefficient (Wildman–Crippen LogP) is -0.00930. The van der Waals surface area contributed by atoms with E-state index in [4.69, 9.17) is 4.74 Å². The topological polar surface area (TPSA) is 148 Å². The van der Waals surface area contributed by atoms with Gasteiger partial charge in [-0.2, -0.15) is 13.2 Å². The van der Waals surface area contributed by atoms with E-state index in [2.05, 4.69) is 11.0 Å². The molecule has 0 spiro atoms. The number of aliphatic hydroxyl groups is 2. The van der Waals surface area contributed by atoms with E-state index in [-0.39, 0.29) is 0 Å². The van der Waals surface area contributed by atoms with E-state index in [1.165, 1.54) is 0 Å². The van der Waals surface area contributed by atoms with Crippen LogP contribution in [-0.4, -0.2) is 81.8 Å². The summed E-state index contributed by atoms with van der Waals surface area (Å²) in [6.45, 7) is 3.19. The zero-order chi connectivity index (χ0) is 24.6. The normalized spacial score (nSPS) is 24.9.